The molecule has 9 heteroatoms. The highest BCUT2D eigenvalue weighted by atomic mass is 35.5. The molecule has 36 heavy (non-hydrogen) atoms. The van der Waals surface area contributed by atoms with Gasteiger partial charge >= 0.3 is 11.9 Å². The molecule has 1 N–H and O–H groups in total. The van der Waals surface area contributed by atoms with E-state index in [0.29, 0.717) is 12.3 Å². The molecule has 3 rings (SSSR count). The van der Waals surface area contributed by atoms with Gasteiger partial charge in [0.25, 0.3) is 0 Å². The molecule has 1 spiro atoms. The molecule has 3 aliphatic rings. The average molecular weight is 524 g/mol. The Labute approximate surface area is 218 Å². The molecule has 0 aromatic rings. The molecular weight excluding hydrogens is 486 g/mol. The van der Waals surface area contributed by atoms with Gasteiger partial charge < -0.3 is 24.3 Å². The lowest BCUT2D eigenvalue weighted by atomic mass is 9.86. The van der Waals surface area contributed by atoms with E-state index < -0.39 is 48.2 Å². The third-order valence-electron chi connectivity index (χ3n) is 6.62. The molecule has 8 nitrogen and oxygen atoms in total. The zero-order valence-electron chi connectivity index (χ0n) is 21.8. The third-order valence-corrected chi connectivity index (χ3v) is 6.95. The lowest BCUT2D eigenvalue weighted by molar-refractivity contribution is -0.186. The zero-order chi connectivity index (χ0) is 26.5. The summed E-state index contributed by atoms with van der Waals surface area (Å²) in [7, 11) is 0. The molecule has 0 aromatic heterocycles. The van der Waals surface area contributed by atoms with E-state index >= 15 is 0 Å². The lowest BCUT2D eigenvalue weighted by Gasteiger charge is -2.29. The monoisotopic (exact) mass is 523 g/mol. The van der Waals surface area contributed by atoms with Crippen molar-refractivity contribution in [2.75, 3.05) is 0 Å². The van der Waals surface area contributed by atoms with Crippen molar-refractivity contribution in [3.05, 3.63) is 34.9 Å². The van der Waals surface area contributed by atoms with Crippen molar-refractivity contribution in [3.8, 4) is 0 Å². The number of amides is 1. The van der Waals surface area contributed by atoms with Gasteiger partial charge in [-0.05, 0) is 25.3 Å². The SMILES string of the molecule is CCCCCC[C@@H](C)/C=C(C)/C=C/C(=O)N[C@H]1C[C@]2(C=C(Cl)[C@H](OC(C)=O)[C@@H]3O[C@@H]32)O[C@@H]1OC(C)=O. The van der Waals surface area contributed by atoms with Gasteiger partial charge in [-0.15, -0.1) is 0 Å². The Balaban J connectivity index is 1.63. The van der Waals surface area contributed by atoms with Gasteiger partial charge in [0, 0.05) is 26.3 Å². The highest BCUT2D eigenvalue weighted by Gasteiger charge is 2.67. The quantitative estimate of drug-likeness (QED) is 0.140. The highest BCUT2D eigenvalue weighted by molar-refractivity contribution is 6.30. The molecule has 0 aromatic carbocycles. The van der Waals surface area contributed by atoms with Crippen LogP contribution in [0.15, 0.2) is 34.9 Å². The molecule has 2 aliphatic heterocycles. The fourth-order valence-electron chi connectivity index (χ4n) is 4.97. The summed E-state index contributed by atoms with van der Waals surface area (Å²) in [5, 5.41) is 3.17. The Kier molecular flexibility index (Phi) is 9.78. The Bertz CT molecular complexity index is 929. The van der Waals surface area contributed by atoms with Crippen molar-refractivity contribution in [2.45, 2.75) is 109 Å². The number of nitrogens with one attached hydrogen (secondary N) is 1. The molecule has 1 amide bonds. The Morgan fingerprint density at radius 1 is 1.17 bits per heavy atom. The van der Waals surface area contributed by atoms with Crippen LogP contribution >= 0.6 is 11.6 Å². The summed E-state index contributed by atoms with van der Waals surface area (Å²) >= 11 is 6.41. The summed E-state index contributed by atoms with van der Waals surface area (Å²) in [6.45, 7) is 8.94. The van der Waals surface area contributed by atoms with Gasteiger partial charge in [0.2, 0.25) is 12.2 Å². The number of rotatable bonds is 11. The molecule has 2 saturated heterocycles. The van der Waals surface area contributed by atoms with Gasteiger partial charge in [-0.25, -0.2) is 0 Å². The van der Waals surface area contributed by atoms with Crippen LogP contribution in [-0.2, 0) is 33.3 Å². The first-order valence-electron chi connectivity index (χ1n) is 12.8. The summed E-state index contributed by atoms with van der Waals surface area (Å²) in [5.74, 6) is -0.876. The molecule has 2 fully saturated rings. The zero-order valence-corrected chi connectivity index (χ0v) is 22.5. The van der Waals surface area contributed by atoms with E-state index in [1.165, 1.54) is 45.6 Å². The minimum absolute atomic E-state index is 0.280. The number of carbonyl (C=O) groups excluding carboxylic acids is 3. The number of halogens is 1. The maximum absolute atomic E-state index is 12.7. The highest BCUT2D eigenvalue weighted by Crippen LogP contribution is 2.52. The largest absolute Gasteiger partial charge is 0.454 e. The molecule has 1 aliphatic carbocycles. The van der Waals surface area contributed by atoms with Crippen molar-refractivity contribution < 1.29 is 33.3 Å². The van der Waals surface area contributed by atoms with Gasteiger partial charge in [0.05, 0.1) is 11.1 Å². The first-order valence-corrected chi connectivity index (χ1v) is 13.2. The number of allylic oxidation sites excluding steroid dienone is 3. The maximum atomic E-state index is 12.7. The third kappa shape index (κ3) is 7.43. The number of hydrogen-bond acceptors (Lipinski definition) is 7. The maximum Gasteiger partial charge on any atom is 0.305 e. The van der Waals surface area contributed by atoms with Crippen LogP contribution in [0.25, 0.3) is 0 Å². The molecule has 0 unspecified atom stereocenters. The second kappa shape index (κ2) is 12.4. The molecule has 2 heterocycles. The van der Waals surface area contributed by atoms with Crippen LogP contribution in [0.4, 0.5) is 0 Å². The number of esters is 2. The van der Waals surface area contributed by atoms with E-state index in [4.69, 9.17) is 30.5 Å². The molecular formula is C27H38ClNO7. The van der Waals surface area contributed by atoms with Crippen LogP contribution in [0.2, 0.25) is 0 Å². The summed E-state index contributed by atoms with van der Waals surface area (Å²) in [6.07, 6.45) is 10.8. The lowest BCUT2D eigenvalue weighted by Crippen LogP contribution is -2.43. The summed E-state index contributed by atoms with van der Waals surface area (Å²) in [4.78, 5) is 35.8. The Morgan fingerprint density at radius 2 is 1.89 bits per heavy atom. The van der Waals surface area contributed by atoms with Gasteiger partial charge in [-0.3, -0.25) is 14.4 Å². The Morgan fingerprint density at radius 3 is 2.56 bits per heavy atom. The first kappa shape index (κ1) is 28.4. The fraction of sp³-hybridized carbons (Fsp3) is 0.667. The van der Waals surface area contributed by atoms with E-state index in [0.717, 1.165) is 12.0 Å². The van der Waals surface area contributed by atoms with Crippen molar-refractivity contribution in [1.29, 1.82) is 0 Å². The second-order valence-corrected chi connectivity index (χ2v) is 10.5. The van der Waals surface area contributed by atoms with Gasteiger partial charge in [-0.1, -0.05) is 68.9 Å². The van der Waals surface area contributed by atoms with Gasteiger partial charge in [0.1, 0.15) is 17.8 Å². The predicted octanol–water partition coefficient (Wildman–Crippen LogP) is 4.46. The molecule has 0 saturated carbocycles. The molecule has 0 bridgehead atoms. The number of fused-ring (bicyclic) bond motifs is 2. The van der Waals surface area contributed by atoms with E-state index in [9.17, 15) is 14.4 Å². The minimum atomic E-state index is -1.00. The van der Waals surface area contributed by atoms with Crippen LogP contribution in [-0.4, -0.2) is 54.1 Å². The minimum Gasteiger partial charge on any atom is -0.454 e. The Hall–Kier alpha value is -2.16. The van der Waals surface area contributed by atoms with Crippen molar-refractivity contribution >= 4 is 29.4 Å². The van der Waals surface area contributed by atoms with Crippen molar-refractivity contribution in [3.63, 3.8) is 0 Å². The average Bonchev–Trinajstić information content (AvgIpc) is 3.53. The molecule has 0 radical (unpaired) electrons. The fourth-order valence-corrected chi connectivity index (χ4v) is 5.33. The van der Waals surface area contributed by atoms with Crippen molar-refractivity contribution in [1.82, 2.24) is 5.32 Å². The molecule has 200 valence electrons. The van der Waals surface area contributed by atoms with Gasteiger partial charge in [0.15, 0.2) is 6.10 Å². The second-order valence-electron chi connectivity index (χ2n) is 10.0. The molecule has 7 atom stereocenters. The van der Waals surface area contributed by atoms with E-state index in [1.807, 2.05) is 6.92 Å². The predicted molar refractivity (Wildman–Crippen MR) is 135 cm³/mol. The van der Waals surface area contributed by atoms with Crippen LogP contribution < -0.4 is 5.32 Å². The summed E-state index contributed by atoms with van der Waals surface area (Å²) in [6, 6.07) is -0.608. The van der Waals surface area contributed by atoms with Crippen molar-refractivity contribution in [2.24, 2.45) is 5.92 Å². The topological polar surface area (TPSA) is 103 Å². The number of ether oxygens (including phenoxy) is 4. The van der Waals surface area contributed by atoms with Gasteiger partial charge in [-0.2, -0.15) is 0 Å². The van der Waals surface area contributed by atoms with E-state index in [1.54, 1.807) is 12.2 Å². The number of hydrogen-bond donors (Lipinski definition) is 1. The summed E-state index contributed by atoms with van der Waals surface area (Å²) in [5.41, 5.74) is 0.0139. The normalized spacial score (nSPS) is 32.1. The standard InChI is InChI=1S/C27H38ClNO7/c1-6-7-8-9-10-16(2)13-17(3)11-12-22(32)29-21-15-27(36-26(21)34-19(5)31)14-20(28)23(33-18(4)30)24-25(27)35-24/h11-14,16,21,23-26H,6-10,15H2,1-5H3,(H,29,32)/b12-11+,17-13+/t16-,21+,23+,24+,25+,26+,27+/m1/s1. The van der Waals surface area contributed by atoms with E-state index in [-0.39, 0.29) is 10.9 Å². The number of epoxide rings is 1. The van der Waals surface area contributed by atoms with Crippen LogP contribution in [0.1, 0.15) is 73.1 Å². The van der Waals surface area contributed by atoms with E-state index in [2.05, 4.69) is 25.2 Å². The smallest absolute Gasteiger partial charge is 0.305 e. The summed E-state index contributed by atoms with van der Waals surface area (Å²) < 4.78 is 22.5. The van der Waals surface area contributed by atoms with Crippen LogP contribution in [0.5, 0.6) is 0 Å². The number of unbranched alkanes of at least 4 members (excludes halogenated alkanes) is 3. The van der Waals surface area contributed by atoms with Crippen LogP contribution in [0, 0.1) is 5.92 Å². The van der Waals surface area contributed by atoms with Crippen LogP contribution in [0.3, 0.4) is 0 Å². The first-order chi connectivity index (χ1) is 17.0. The number of carbonyl (C=O) groups is 3.